The van der Waals surface area contributed by atoms with E-state index in [4.69, 9.17) is 9.47 Å². The lowest BCUT2D eigenvalue weighted by molar-refractivity contribution is -0.150. The summed E-state index contributed by atoms with van der Waals surface area (Å²) in [7, 11) is 1.30. The van der Waals surface area contributed by atoms with Crippen molar-refractivity contribution in [3.8, 4) is 0 Å². The maximum absolute atomic E-state index is 13.1. The maximum atomic E-state index is 13.1. The number of carbonyl (C=O) groups excluding carboxylic acids is 2. The highest BCUT2D eigenvalue weighted by Crippen LogP contribution is 2.17. The molecule has 1 aliphatic heterocycles. The Labute approximate surface area is 157 Å². The molecule has 2 heterocycles. The summed E-state index contributed by atoms with van der Waals surface area (Å²) in [5.74, 6) is -0.744. The van der Waals surface area contributed by atoms with Crippen LogP contribution in [0.2, 0.25) is 0 Å². The molecule has 0 radical (unpaired) electrons. The lowest BCUT2D eigenvalue weighted by Crippen LogP contribution is -2.48. The first-order chi connectivity index (χ1) is 13.1. The molecule has 1 aliphatic rings. The third-order valence-electron chi connectivity index (χ3n) is 5.01. The standard InChI is InChI=1S/C19H25N3O5/c1-3-20-15-6-4-5-7-16(15)22(19(20)25)12-17(23)21(13-18(24)26-2)14-8-10-27-11-9-14/h4-7,14H,3,8-13H2,1-2H3. The van der Waals surface area contributed by atoms with Crippen LogP contribution < -0.4 is 5.69 Å². The first-order valence-corrected chi connectivity index (χ1v) is 9.19. The van der Waals surface area contributed by atoms with Crippen molar-refractivity contribution in [1.29, 1.82) is 0 Å². The largest absolute Gasteiger partial charge is 0.468 e. The van der Waals surface area contributed by atoms with Crippen LogP contribution in [0.25, 0.3) is 11.0 Å². The van der Waals surface area contributed by atoms with Gasteiger partial charge in [-0.3, -0.25) is 18.7 Å². The van der Waals surface area contributed by atoms with Gasteiger partial charge in [0.1, 0.15) is 13.1 Å². The van der Waals surface area contributed by atoms with Gasteiger partial charge in [-0.2, -0.15) is 0 Å². The van der Waals surface area contributed by atoms with Gasteiger partial charge in [0.15, 0.2) is 0 Å². The molecule has 1 fully saturated rings. The molecule has 0 N–H and O–H groups in total. The molecule has 1 saturated heterocycles. The summed E-state index contributed by atoms with van der Waals surface area (Å²) in [6, 6.07) is 7.31. The molecule has 0 atom stereocenters. The monoisotopic (exact) mass is 375 g/mol. The second-order valence-electron chi connectivity index (χ2n) is 6.54. The summed E-state index contributed by atoms with van der Waals surface area (Å²) >= 11 is 0. The minimum atomic E-state index is -0.474. The maximum Gasteiger partial charge on any atom is 0.329 e. The van der Waals surface area contributed by atoms with Crippen LogP contribution in [0.3, 0.4) is 0 Å². The summed E-state index contributed by atoms with van der Waals surface area (Å²) in [5, 5.41) is 0. The summed E-state index contributed by atoms with van der Waals surface area (Å²) in [4.78, 5) is 39.2. The average molecular weight is 375 g/mol. The molecular formula is C19H25N3O5. The minimum absolute atomic E-state index is 0.0967. The Morgan fingerprint density at radius 1 is 1.19 bits per heavy atom. The number of imidazole rings is 1. The van der Waals surface area contributed by atoms with Crippen LogP contribution >= 0.6 is 0 Å². The van der Waals surface area contributed by atoms with E-state index in [0.717, 1.165) is 5.52 Å². The van der Waals surface area contributed by atoms with Gasteiger partial charge in [0.05, 0.1) is 18.1 Å². The molecule has 8 heteroatoms. The molecule has 0 bridgehead atoms. The highest BCUT2D eigenvalue weighted by atomic mass is 16.5. The number of aromatic nitrogens is 2. The summed E-state index contributed by atoms with van der Waals surface area (Å²) in [6.45, 7) is 3.27. The lowest BCUT2D eigenvalue weighted by atomic mass is 10.1. The molecule has 1 aromatic carbocycles. The number of aryl methyl sites for hydroxylation is 1. The van der Waals surface area contributed by atoms with Gasteiger partial charge < -0.3 is 14.4 Å². The first-order valence-electron chi connectivity index (χ1n) is 9.19. The van der Waals surface area contributed by atoms with Gasteiger partial charge in [-0.15, -0.1) is 0 Å². The highest BCUT2D eigenvalue weighted by Gasteiger charge is 2.29. The molecule has 27 heavy (non-hydrogen) atoms. The molecule has 8 nitrogen and oxygen atoms in total. The van der Waals surface area contributed by atoms with E-state index in [9.17, 15) is 14.4 Å². The van der Waals surface area contributed by atoms with Crippen LogP contribution in [-0.2, 0) is 32.2 Å². The minimum Gasteiger partial charge on any atom is -0.468 e. The van der Waals surface area contributed by atoms with Crippen LogP contribution in [0, 0.1) is 0 Å². The van der Waals surface area contributed by atoms with Gasteiger partial charge in [-0.25, -0.2) is 4.79 Å². The molecular weight excluding hydrogens is 350 g/mol. The van der Waals surface area contributed by atoms with Crippen molar-refractivity contribution in [2.24, 2.45) is 0 Å². The van der Waals surface area contributed by atoms with E-state index in [2.05, 4.69) is 0 Å². The third-order valence-corrected chi connectivity index (χ3v) is 5.01. The normalized spacial score (nSPS) is 15.0. The Balaban J connectivity index is 1.91. The third kappa shape index (κ3) is 3.90. The van der Waals surface area contributed by atoms with E-state index in [-0.39, 0.29) is 30.7 Å². The number of para-hydroxylation sites is 2. The van der Waals surface area contributed by atoms with Gasteiger partial charge >= 0.3 is 11.7 Å². The van der Waals surface area contributed by atoms with E-state index in [1.807, 2.05) is 31.2 Å². The number of amides is 1. The highest BCUT2D eigenvalue weighted by molar-refractivity contribution is 5.84. The zero-order valence-electron chi connectivity index (χ0n) is 15.7. The number of nitrogens with zero attached hydrogens (tertiary/aromatic N) is 3. The van der Waals surface area contributed by atoms with Crippen molar-refractivity contribution in [3.05, 3.63) is 34.7 Å². The summed E-state index contributed by atoms with van der Waals surface area (Å²) in [6.07, 6.45) is 1.32. The van der Waals surface area contributed by atoms with E-state index in [1.165, 1.54) is 16.6 Å². The van der Waals surface area contributed by atoms with Crippen molar-refractivity contribution >= 4 is 22.9 Å². The van der Waals surface area contributed by atoms with Crippen LogP contribution in [0.4, 0.5) is 0 Å². The lowest BCUT2D eigenvalue weighted by Gasteiger charge is -2.33. The van der Waals surface area contributed by atoms with Gasteiger partial charge in [-0.05, 0) is 31.9 Å². The molecule has 2 aromatic rings. The SMILES string of the molecule is CCn1c(=O)n(CC(=O)N(CC(=O)OC)C2CCOCC2)c2ccccc21. The Morgan fingerprint density at radius 2 is 1.81 bits per heavy atom. The van der Waals surface area contributed by atoms with Crippen molar-refractivity contribution in [3.63, 3.8) is 0 Å². The smallest absolute Gasteiger partial charge is 0.329 e. The number of fused-ring (bicyclic) bond motifs is 1. The van der Waals surface area contributed by atoms with E-state index < -0.39 is 5.97 Å². The second-order valence-corrected chi connectivity index (χ2v) is 6.54. The fourth-order valence-electron chi connectivity index (χ4n) is 3.58. The predicted octanol–water partition coefficient (Wildman–Crippen LogP) is 1.00. The molecule has 0 spiro atoms. The molecule has 1 amide bonds. The Bertz CT molecular complexity index is 879. The Morgan fingerprint density at radius 3 is 2.41 bits per heavy atom. The fourth-order valence-corrected chi connectivity index (χ4v) is 3.58. The van der Waals surface area contributed by atoms with Gasteiger partial charge in [-0.1, -0.05) is 12.1 Å². The molecule has 1 aromatic heterocycles. The van der Waals surface area contributed by atoms with Gasteiger partial charge in [0.25, 0.3) is 0 Å². The number of esters is 1. The molecule has 0 saturated carbocycles. The molecule has 3 rings (SSSR count). The quantitative estimate of drug-likeness (QED) is 0.704. The number of rotatable bonds is 6. The average Bonchev–Trinajstić information content (AvgIpc) is 2.97. The zero-order valence-corrected chi connectivity index (χ0v) is 15.7. The zero-order chi connectivity index (χ0) is 19.4. The van der Waals surface area contributed by atoms with Crippen LogP contribution in [-0.4, -0.2) is 58.8 Å². The van der Waals surface area contributed by atoms with Crippen LogP contribution in [0.15, 0.2) is 29.1 Å². The van der Waals surface area contributed by atoms with Crippen molar-refractivity contribution < 1.29 is 19.1 Å². The number of carbonyl (C=O) groups is 2. The summed E-state index contributed by atoms with van der Waals surface area (Å²) in [5.41, 5.74) is 1.28. The van der Waals surface area contributed by atoms with Gasteiger partial charge in [0.2, 0.25) is 5.91 Å². The van der Waals surface area contributed by atoms with E-state index in [1.54, 1.807) is 4.57 Å². The summed E-state index contributed by atoms with van der Waals surface area (Å²) < 4.78 is 13.2. The Kier molecular flexibility index (Phi) is 5.95. The van der Waals surface area contributed by atoms with E-state index >= 15 is 0 Å². The molecule has 0 unspecified atom stereocenters. The molecule has 146 valence electrons. The number of methoxy groups -OCH3 is 1. The van der Waals surface area contributed by atoms with Gasteiger partial charge in [0, 0.05) is 25.8 Å². The van der Waals surface area contributed by atoms with E-state index in [0.29, 0.717) is 38.1 Å². The van der Waals surface area contributed by atoms with Crippen molar-refractivity contribution in [2.75, 3.05) is 26.9 Å². The number of hydrogen-bond acceptors (Lipinski definition) is 5. The Hall–Kier alpha value is -2.61. The van der Waals surface area contributed by atoms with Crippen molar-refractivity contribution in [1.82, 2.24) is 14.0 Å². The topological polar surface area (TPSA) is 82.8 Å². The molecule has 0 aliphatic carbocycles. The fraction of sp³-hybridized carbons (Fsp3) is 0.526. The second kappa shape index (κ2) is 8.39. The van der Waals surface area contributed by atoms with Crippen LogP contribution in [0.5, 0.6) is 0 Å². The number of hydrogen-bond donors (Lipinski definition) is 0. The predicted molar refractivity (Wildman–Crippen MR) is 99.4 cm³/mol. The number of benzene rings is 1. The number of ether oxygens (including phenoxy) is 2. The van der Waals surface area contributed by atoms with Crippen LogP contribution in [0.1, 0.15) is 19.8 Å². The van der Waals surface area contributed by atoms with Crippen molar-refractivity contribution in [2.45, 2.75) is 38.9 Å². The first kappa shape index (κ1) is 19.2.